The summed E-state index contributed by atoms with van der Waals surface area (Å²) in [5, 5.41) is -1.10. The fraction of sp³-hybridized carbons (Fsp3) is 0.250. The molecule has 0 aliphatic rings. The summed E-state index contributed by atoms with van der Waals surface area (Å²) in [4.78, 5) is 23.7. The van der Waals surface area contributed by atoms with Crippen molar-refractivity contribution in [2.24, 2.45) is 0 Å². The first kappa shape index (κ1) is 10.8. The van der Waals surface area contributed by atoms with Crippen molar-refractivity contribution in [1.82, 2.24) is 4.98 Å². The lowest BCUT2D eigenvalue weighted by atomic mass is 10.1. The van der Waals surface area contributed by atoms with Crippen molar-refractivity contribution in [3.8, 4) is 0 Å². The van der Waals surface area contributed by atoms with Gasteiger partial charge in [0.25, 0.3) is 17.2 Å². The number of aryl methyl sites for hydroxylation is 1. The van der Waals surface area contributed by atoms with E-state index >= 15 is 0 Å². The van der Waals surface area contributed by atoms with E-state index in [4.69, 9.17) is 11.6 Å². The smallest absolute Gasteiger partial charge is 0.269 e. The number of pyridine rings is 1. The van der Waals surface area contributed by atoms with E-state index in [0.29, 0.717) is 0 Å². The minimum absolute atomic E-state index is 0.113. The molecular formula is C8H6ClF2NO2. The number of carbonyl (C=O) groups excluding carboxylic acids is 1. The number of hydrogen-bond donors (Lipinski definition) is 1. The first-order chi connectivity index (χ1) is 6.43. The van der Waals surface area contributed by atoms with E-state index in [2.05, 4.69) is 0 Å². The Balaban J connectivity index is 3.47. The van der Waals surface area contributed by atoms with Crippen LogP contribution in [0.25, 0.3) is 0 Å². The minimum Gasteiger partial charge on any atom is -0.318 e. The maximum atomic E-state index is 12.4. The lowest BCUT2D eigenvalue weighted by Gasteiger charge is -2.05. The molecule has 0 fully saturated rings. The third-order valence-electron chi connectivity index (χ3n) is 1.69. The number of carbonyl (C=O) groups is 1. The first-order valence-corrected chi connectivity index (χ1v) is 4.03. The fourth-order valence-corrected chi connectivity index (χ4v) is 1.15. The van der Waals surface area contributed by atoms with Crippen LogP contribution in [0, 0.1) is 6.92 Å². The molecule has 3 nitrogen and oxygen atoms in total. The number of hydrogen-bond acceptors (Lipinski definition) is 2. The van der Waals surface area contributed by atoms with Crippen molar-refractivity contribution in [3.63, 3.8) is 0 Å². The molecule has 0 radical (unpaired) electrons. The predicted octanol–water partition coefficient (Wildman–Crippen LogP) is 2.00. The van der Waals surface area contributed by atoms with Gasteiger partial charge >= 0.3 is 0 Å². The third kappa shape index (κ3) is 1.98. The second-order valence-corrected chi connectivity index (χ2v) is 3.03. The summed E-state index contributed by atoms with van der Waals surface area (Å²) in [7, 11) is 0. The van der Waals surface area contributed by atoms with Gasteiger partial charge in [0.2, 0.25) is 0 Å². The molecule has 0 unspecified atom stereocenters. The van der Waals surface area contributed by atoms with Crippen LogP contribution in [0.5, 0.6) is 0 Å². The highest BCUT2D eigenvalue weighted by Crippen LogP contribution is 2.22. The van der Waals surface area contributed by atoms with Gasteiger partial charge in [-0.25, -0.2) is 8.78 Å². The summed E-state index contributed by atoms with van der Waals surface area (Å²) < 4.78 is 24.7. The molecule has 76 valence electrons. The van der Waals surface area contributed by atoms with Crippen LogP contribution in [-0.2, 0) is 0 Å². The molecule has 1 N–H and O–H groups in total. The molecule has 0 saturated carbocycles. The van der Waals surface area contributed by atoms with Crippen molar-refractivity contribution in [3.05, 3.63) is 33.2 Å². The fourth-order valence-electron chi connectivity index (χ4n) is 0.990. The Morgan fingerprint density at radius 3 is 2.57 bits per heavy atom. The number of aromatic amines is 1. The van der Waals surface area contributed by atoms with Gasteiger partial charge in [0, 0.05) is 11.1 Å². The van der Waals surface area contributed by atoms with E-state index < -0.39 is 28.5 Å². The lowest BCUT2D eigenvalue weighted by Crippen LogP contribution is -2.16. The molecule has 0 atom stereocenters. The number of H-pyrrole nitrogens is 1. The Morgan fingerprint density at radius 2 is 2.14 bits per heavy atom. The molecule has 0 bridgehead atoms. The molecule has 0 spiro atoms. The van der Waals surface area contributed by atoms with E-state index in [1.54, 1.807) is 0 Å². The summed E-state index contributed by atoms with van der Waals surface area (Å²) in [6.07, 6.45) is -2.84. The third-order valence-corrected chi connectivity index (χ3v) is 1.88. The number of halogens is 3. The molecule has 14 heavy (non-hydrogen) atoms. The van der Waals surface area contributed by atoms with Crippen molar-refractivity contribution in [2.75, 3.05) is 0 Å². The Labute approximate surface area is 82.7 Å². The van der Waals surface area contributed by atoms with Gasteiger partial charge in [-0.1, -0.05) is 0 Å². The van der Waals surface area contributed by atoms with E-state index in [9.17, 15) is 18.4 Å². The van der Waals surface area contributed by atoms with Crippen LogP contribution in [0.15, 0.2) is 10.9 Å². The predicted molar refractivity (Wildman–Crippen MR) is 46.9 cm³/mol. The van der Waals surface area contributed by atoms with Gasteiger partial charge in [-0.15, -0.1) is 0 Å². The molecule has 6 heteroatoms. The van der Waals surface area contributed by atoms with E-state index in [-0.39, 0.29) is 5.56 Å². The monoisotopic (exact) mass is 221 g/mol. The average molecular weight is 222 g/mol. The summed E-state index contributed by atoms with van der Waals surface area (Å²) in [6.45, 7) is 1.37. The molecule has 1 aromatic rings. The maximum Gasteiger partial charge on any atom is 0.269 e. The van der Waals surface area contributed by atoms with Gasteiger partial charge in [-0.05, 0) is 24.6 Å². The normalized spacial score (nSPS) is 10.6. The number of rotatable bonds is 2. The second kappa shape index (κ2) is 3.88. The highest BCUT2D eigenvalue weighted by molar-refractivity contribution is 6.67. The zero-order valence-electron chi connectivity index (χ0n) is 7.11. The summed E-state index contributed by atoms with van der Waals surface area (Å²) >= 11 is 5.03. The highest BCUT2D eigenvalue weighted by atomic mass is 35.5. The van der Waals surface area contributed by atoms with Crippen LogP contribution in [0.2, 0.25) is 0 Å². The molecule has 1 aromatic heterocycles. The Hall–Kier alpha value is -1.23. The van der Waals surface area contributed by atoms with Gasteiger partial charge in [0.15, 0.2) is 0 Å². The largest absolute Gasteiger partial charge is 0.318 e. The number of nitrogens with one attached hydrogen (secondary N) is 1. The summed E-state index contributed by atoms with van der Waals surface area (Å²) in [5.74, 6) is 0. The van der Waals surface area contributed by atoms with Crippen molar-refractivity contribution < 1.29 is 13.6 Å². The van der Waals surface area contributed by atoms with Crippen LogP contribution < -0.4 is 5.56 Å². The topological polar surface area (TPSA) is 49.9 Å². The molecule has 0 aromatic carbocycles. The zero-order valence-corrected chi connectivity index (χ0v) is 7.86. The average Bonchev–Trinajstić information content (AvgIpc) is 2.08. The molecule has 0 saturated heterocycles. The quantitative estimate of drug-likeness (QED) is 0.777. The Kier molecular flexibility index (Phi) is 3.00. The van der Waals surface area contributed by atoms with Crippen LogP contribution in [0.4, 0.5) is 8.78 Å². The van der Waals surface area contributed by atoms with Crippen molar-refractivity contribution in [1.29, 1.82) is 0 Å². The molecule has 1 heterocycles. The van der Waals surface area contributed by atoms with Crippen molar-refractivity contribution >= 4 is 16.8 Å². The first-order valence-electron chi connectivity index (χ1n) is 3.65. The van der Waals surface area contributed by atoms with Gasteiger partial charge in [0.05, 0.1) is 0 Å². The molecule has 0 amide bonds. The standard InChI is InChI=1S/C8H6ClF2NO2/c1-3-2-4(7(10)11)5(6(9)13)12-8(3)14/h2,7H,1H3,(H,12,14). The van der Waals surface area contributed by atoms with Crippen molar-refractivity contribution in [2.45, 2.75) is 13.3 Å². The van der Waals surface area contributed by atoms with Crippen LogP contribution in [0.3, 0.4) is 0 Å². The SMILES string of the molecule is Cc1cc(C(F)F)c(C(=O)Cl)[nH]c1=O. The summed E-state index contributed by atoms with van der Waals surface area (Å²) in [5.41, 5.74) is -1.58. The zero-order chi connectivity index (χ0) is 10.9. The van der Waals surface area contributed by atoms with Crippen LogP contribution in [-0.4, -0.2) is 10.2 Å². The number of aromatic nitrogens is 1. The molecule has 1 rings (SSSR count). The van der Waals surface area contributed by atoms with E-state index in [1.165, 1.54) is 6.92 Å². The summed E-state index contributed by atoms with van der Waals surface area (Å²) in [6, 6.07) is 0.957. The van der Waals surface area contributed by atoms with Gasteiger partial charge < -0.3 is 4.98 Å². The van der Waals surface area contributed by atoms with Gasteiger partial charge in [-0.2, -0.15) is 0 Å². The lowest BCUT2D eigenvalue weighted by molar-refractivity contribution is 0.106. The molecule has 0 aliphatic carbocycles. The van der Waals surface area contributed by atoms with E-state index in [1.807, 2.05) is 4.98 Å². The van der Waals surface area contributed by atoms with E-state index in [0.717, 1.165) is 6.07 Å². The molecular weight excluding hydrogens is 216 g/mol. The maximum absolute atomic E-state index is 12.4. The van der Waals surface area contributed by atoms with Gasteiger partial charge in [0.1, 0.15) is 5.69 Å². The highest BCUT2D eigenvalue weighted by Gasteiger charge is 2.18. The Morgan fingerprint density at radius 1 is 1.57 bits per heavy atom. The minimum atomic E-state index is -2.84. The van der Waals surface area contributed by atoms with Crippen LogP contribution in [0.1, 0.15) is 28.0 Å². The Bertz CT molecular complexity index is 428. The van der Waals surface area contributed by atoms with Gasteiger partial charge in [-0.3, -0.25) is 9.59 Å². The second-order valence-electron chi connectivity index (χ2n) is 2.69. The van der Waals surface area contributed by atoms with Crippen LogP contribution >= 0.6 is 11.6 Å². The molecule has 0 aliphatic heterocycles. The number of alkyl halides is 2.